The van der Waals surface area contributed by atoms with Gasteiger partial charge in [-0.1, -0.05) is 12.1 Å². The van der Waals surface area contributed by atoms with Crippen LogP contribution >= 0.6 is 0 Å². The van der Waals surface area contributed by atoms with Gasteiger partial charge < -0.3 is 20.3 Å². The van der Waals surface area contributed by atoms with Gasteiger partial charge in [0.15, 0.2) is 0 Å². The molecule has 0 bridgehead atoms. The van der Waals surface area contributed by atoms with Crippen LogP contribution in [0.2, 0.25) is 0 Å². The number of nitrogens with one attached hydrogen (secondary N) is 2. The van der Waals surface area contributed by atoms with Crippen molar-refractivity contribution in [2.75, 3.05) is 6.61 Å². The highest BCUT2D eigenvalue weighted by Gasteiger charge is 2.11. The lowest BCUT2D eigenvalue weighted by atomic mass is 10.1. The molecule has 1 aromatic carbocycles. The van der Waals surface area contributed by atoms with Gasteiger partial charge in [0.05, 0.1) is 25.0 Å². The molecular weight excluding hydrogens is 268 g/mol. The Balaban J connectivity index is 2.04. The molecule has 6 heteroatoms. The Hall–Kier alpha value is -2.34. The molecule has 3 N–H and O–H groups in total. The van der Waals surface area contributed by atoms with Gasteiger partial charge >= 0.3 is 6.03 Å². The fourth-order valence-corrected chi connectivity index (χ4v) is 1.96. The number of carbonyl (C=O) groups is 1. The number of amides is 2. The third-order valence-electron chi connectivity index (χ3n) is 3.17. The van der Waals surface area contributed by atoms with Crippen molar-refractivity contribution in [3.63, 3.8) is 0 Å². The fourth-order valence-electron chi connectivity index (χ4n) is 1.96. The minimum Gasteiger partial charge on any atom is -0.394 e. The van der Waals surface area contributed by atoms with Crippen molar-refractivity contribution in [1.82, 2.24) is 20.2 Å². The van der Waals surface area contributed by atoms with Crippen LogP contribution in [-0.2, 0) is 0 Å². The molecule has 2 rings (SSSR count). The van der Waals surface area contributed by atoms with Gasteiger partial charge in [-0.15, -0.1) is 0 Å². The largest absolute Gasteiger partial charge is 0.394 e. The molecule has 2 amide bonds. The molecule has 112 valence electrons. The van der Waals surface area contributed by atoms with E-state index in [-0.39, 0.29) is 24.7 Å². The normalized spacial score (nSPS) is 13.5. The summed E-state index contributed by atoms with van der Waals surface area (Å²) < 4.78 is 1.91. The maximum Gasteiger partial charge on any atom is 0.315 e. The zero-order chi connectivity index (χ0) is 15.2. The Morgan fingerprint density at radius 2 is 2.19 bits per heavy atom. The van der Waals surface area contributed by atoms with E-state index in [1.54, 1.807) is 19.4 Å². The van der Waals surface area contributed by atoms with Crippen LogP contribution in [0, 0.1) is 0 Å². The van der Waals surface area contributed by atoms with Crippen LogP contribution in [0.5, 0.6) is 0 Å². The molecule has 2 unspecified atom stereocenters. The summed E-state index contributed by atoms with van der Waals surface area (Å²) in [5, 5.41) is 14.4. The minimum absolute atomic E-state index is 0.0854. The van der Waals surface area contributed by atoms with Crippen LogP contribution in [0.1, 0.15) is 25.5 Å². The lowest BCUT2D eigenvalue weighted by Gasteiger charge is -2.18. The van der Waals surface area contributed by atoms with E-state index < -0.39 is 0 Å². The summed E-state index contributed by atoms with van der Waals surface area (Å²) in [5.74, 6) is 0. The predicted octanol–water partition coefficient (Wildman–Crippen LogP) is 1.61. The summed E-state index contributed by atoms with van der Waals surface area (Å²) in [6, 6.07) is 7.18. The highest BCUT2D eigenvalue weighted by Crippen LogP contribution is 2.16. The van der Waals surface area contributed by atoms with Crippen molar-refractivity contribution in [3.8, 4) is 5.69 Å². The van der Waals surface area contributed by atoms with E-state index in [1.807, 2.05) is 42.0 Å². The molecule has 1 aromatic heterocycles. The quantitative estimate of drug-likeness (QED) is 0.782. The number of rotatable bonds is 5. The second-order valence-electron chi connectivity index (χ2n) is 4.99. The molecule has 2 atom stereocenters. The molecule has 0 aliphatic carbocycles. The van der Waals surface area contributed by atoms with Crippen LogP contribution in [0.15, 0.2) is 43.0 Å². The van der Waals surface area contributed by atoms with Gasteiger partial charge in [0.1, 0.15) is 0 Å². The molecule has 0 saturated heterocycles. The second kappa shape index (κ2) is 6.90. The maximum absolute atomic E-state index is 11.8. The van der Waals surface area contributed by atoms with Crippen molar-refractivity contribution in [3.05, 3.63) is 48.5 Å². The monoisotopic (exact) mass is 288 g/mol. The first-order chi connectivity index (χ1) is 10.1. The lowest BCUT2D eigenvalue weighted by molar-refractivity contribution is 0.218. The lowest BCUT2D eigenvalue weighted by Crippen LogP contribution is -2.43. The third kappa shape index (κ3) is 4.06. The van der Waals surface area contributed by atoms with Crippen LogP contribution in [0.25, 0.3) is 5.69 Å². The average molecular weight is 288 g/mol. The first-order valence-electron chi connectivity index (χ1n) is 6.86. The second-order valence-corrected chi connectivity index (χ2v) is 4.99. The Morgan fingerprint density at radius 3 is 2.86 bits per heavy atom. The van der Waals surface area contributed by atoms with Crippen LogP contribution in [-0.4, -0.2) is 33.3 Å². The number of aromatic nitrogens is 2. The molecule has 6 nitrogen and oxygen atoms in total. The van der Waals surface area contributed by atoms with Crippen molar-refractivity contribution in [1.29, 1.82) is 0 Å². The molecule has 0 fully saturated rings. The molecule has 0 spiro atoms. The minimum atomic E-state index is -0.294. The Labute approximate surface area is 123 Å². The van der Waals surface area contributed by atoms with Crippen molar-refractivity contribution in [2.45, 2.75) is 25.9 Å². The Kier molecular flexibility index (Phi) is 4.94. The number of benzene rings is 1. The smallest absolute Gasteiger partial charge is 0.315 e. The summed E-state index contributed by atoms with van der Waals surface area (Å²) in [6.45, 7) is 3.57. The van der Waals surface area contributed by atoms with E-state index in [2.05, 4.69) is 15.6 Å². The first-order valence-corrected chi connectivity index (χ1v) is 6.86. The number of hydrogen-bond donors (Lipinski definition) is 3. The fraction of sp³-hybridized carbons (Fsp3) is 0.333. The zero-order valence-corrected chi connectivity index (χ0v) is 12.2. The summed E-state index contributed by atoms with van der Waals surface area (Å²) in [6.07, 6.45) is 5.32. The molecule has 2 aromatic rings. The molecular formula is C15H20N4O2. The Bertz CT molecular complexity index is 583. The standard InChI is InChI=1S/C15H20N4O2/c1-11(9-20)17-15(21)18-12(2)13-4-3-5-14(8-13)19-7-6-16-10-19/h3-8,10-12,20H,9H2,1-2H3,(H2,17,18,21). The predicted molar refractivity (Wildman–Crippen MR) is 80.2 cm³/mol. The average Bonchev–Trinajstić information content (AvgIpc) is 3.01. The van der Waals surface area contributed by atoms with Gasteiger partial charge in [-0.25, -0.2) is 9.78 Å². The zero-order valence-electron chi connectivity index (χ0n) is 12.2. The number of nitrogens with zero attached hydrogens (tertiary/aromatic N) is 2. The van der Waals surface area contributed by atoms with Crippen LogP contribution in [0.4, 0.5) is 4.79 Å². The van der Waals surface area contributed by atoms with Gasteiger partial charge in [0.2, 0.25) is 0 Å². The molecule has 0 aliphatic heterocycles. The SMILES string of the molecule is CC(CO)NC(=O)NC(C)c1cccc(-n2ccnc2)c1. The molecule has 1 heterocycles. The molecule has 0 radical (unpaired) electrons. The first kappa shape index (κ1) is 15.1. The van der Waals surface area contributed by atoms with E-state index in [1.165, 1.54) is 0 Å². The van der Waals surface area contributed by atoms with Crippen LogP contribution in [0.3, 0.4) is 0 Å². The van der Waals surface area contributed by atoms with Crippen LogP contribution < -0.4 is 10.6 Å². The summed E-state index contributed by atoms with van der Waals surface area (Å²) in [4.78, 5) is 15.8. The number of hydrogen-bond acceptors (Lipinski definition) is 3. The highest BCUT2D eigenvalue weighted by atomic mass is 16.3. The van der Waals surface area contributed by atoms with E-state index >= 15 is 0 Å². The van der Waals surface area contributed by atoms with Crippen molar-refractivity contribution >= 4 is 6.03 Å². The maximum atomic E-state index is 11.8. The summed E-state index contributed by atoms with van der Waals surface area (Å²) in [5.41, 5.74) is 1.98. The Morgan fingerprint density at radius 1 is 1.38 bits per heavy atom. The number of aliphatic hydroxyl groups is 1. The summed E-state index contributed by atoms with van der Waals surface area (Å²) in [7, 11) is 0. The van der Waals surface area contributed by atoms with Gasteiger partial charge in [0.25, 0.3) is 0 Å². The van der Waals surface area contributed by atoms with E-state index in [4.69, 9.17) is 5.11 Å². The number of aliphatic hydroxyl groups excluding tert-OH is 1. The highest BCUT2D eigenvalue weighted by molar-refractivity contribution is 5.74. The molecule has 21 heavy (non-hydrogen) atoms. The molecule has 0 aliphatic rings. The van der Waals surface area contributed by atoms with Gasteiger partial charge in [-0.3, -0.25) is 0 Å². The van der Waals surface area contributed by atoms with E-state index in [0.717, 1.165) is 11.3 Å². The third-order valence-corrected chi connectivity index (χ3v) is 3.17. The number of urea groups is 1. The topological polar surface area (TPSA) is 79.2 Å². The summed E-state index contributed by atoms with van der Waals surface area (Å²) >= 11 is 0. The van der Waals surface area contributed by atoms with Gasteiger partial charge in [0, 0.05) is 18.1 Å². The van der Waals surface area contributed by atoms with Gasteiger partial charge in [-0.05, 0) is 31.5 Å². The number of imidazole rings is 1. The van der Waals surface area contributed by atoms with Gasteiger partial charge in [-0.2, -0.15) is 0 Å². The van der Waals surface area contributed by atoms with Crippen molar-refractivity contribution in [2.24, 2.45) is 0 Å². The number of carbonyl (C=O) groups excluding carboxylic acids is 1. The van der Waals surface area contributed by atoms with E-state index in [0.29, 0.717) is 0 Å². The molecule has 0 saturated carbocycles. The van der Waals surface area contributed by atoms with E-state index in [9.17, 15) is 4.79 Å². The van der Waals surface area contributed by atoms with Crippen molar-refractivity contribution < 1.29 is 9.90 Å².